The van der Waals surface area contributed by atoms with Gasteiger partial charge in [-0.2, -0.15) is 0 Å². The van der Waals surface area contributed by atoms with Crippen molar-refractivity contribution in [3.8, 4) is 0 Å². The number of unbranched alkanes of at least 4 members (excludes halogenated alkanes) is 1. The van der Waals surface area contributed by atoms with Crippen molar-refractivity contribution in [1.29, 1.82) is 0 Å². The van der Waals surface area contributed by atoms with Crippen LogP contribution in [0.1, 0.15) is 51.9 Å². The van der Waals surface area contributed by atoms with Crippen molar-refractivity contribution in [2.45, 2.75) is 51.9 Å². The zero-order chi connectivity index (χ0) is 12.6. The highest BCUT2D eigenvalue weighted by Gasteiger charge is 2.20. The van der Waals surface area contributed by atoms with E-state index in [-0.39, 0.29) is 0 Å². The lowest BCUT2D eigenvalue weighted by molar-refractivity contribution is 0.267. The first kappa shape index (κ1) is 13.5. The van der Waals surface area contributed by atoms with Crippen LogP contribution in [0.2, 0.25) is 0 Å². The molecule has 0 aromatic heterocycles. The lowest BCUT2D eigenvalue weighted by Crippen LogP contribution is -2.21. The van der Waals surface area contributed by atoms with Gasteiger partial charge < -0.3 is 5.32 Å². The quantitative estimate of drug-likeness (QED) is 0.735. The number of benzene rings is 1. The van der Waals surface area contributed by atoms with Crippen molar-refractivity contribution >= 4 is 5.69 Å². The van der Waals surface area contributed by atoms with Gasteiger partial charge in [0.25, 0.3) is 0 Å². The summed E-state index contributed by atoms with van der Waals surface area (Å²) in [6.07, 6.45) is 10.0. The molecule has 0 aliphatic heterocycles. The third-order valence-corrected chi connectivity index (χ3v) is 4.30. The van der Waals surface area contributed by atoms with Crippen LogP contribution in [0, 0.1) is 11.8 Å². The fraction of sp³-hybridized carbons (Fsp3) is 0.647. The molecule has 1 aromatic rings. The molecule has 2 rings (SSSR count). The number of anilines is 1. The monoisotopic (exact) mass is 245 g/mol. The molecule has 1 nitrogen and oxygen atoms in total. The zero-order valence-corrected chi connectivity index (χ0v) is 11.7. The number of hydrogen-bond donors (Lipinski definition) is 1. The number of nitrogens with one attached hydrogen (secondary N) is 1. The molecule has 0 spiro atoms. The predicted molar refractivity (Wildman–Crippen MR) is 79.9 cm³/mol. The maximum Gasteiger partial charge on any atom is 0.0340 e. The van der Waals surface area contributed by atoms with E-state index in [0.29, 0.717) is 0 Å². The maximum absolute atomic E-state index is 3.57. The van der Waals surface area contributed by atoms with Crippen LogP contribution < -0.4 is 5.32 Å². The van der Waals surface area contributed by atoms with Gasteiger partial charge in [0.15, 0.2) is 0 Å². The average Bonchev–Trinajstić information content (AvgIpc) is 2.45. The van der Waals surface area contributed by atoms with Crippen molar-refractivity contribution in [3.63, 3.8) is 0 Å². The molecule has 1 aromatic carbocycles. The van der Waals surface area contributed by atoms with Crippen molar-refractivity contribution in [1.82, 2.24) is 0 Å². The highest BCUT2D eigenvalue weighted by atomic mass is 14.9. The summed E-state index contributed by atoms with van der Waals surface area (Å²) >= 11 is 0. The van der Waals surface area contributed by atoms with E-state index in [2.05, 4.69) is 42.6 Å². The zero-order valence-electron chi connectivity index (χ0n) is 11.7. The van der Waals surface area contributed by atoms with Crippen LogP contribution in [0.3, 0.4) is 0 Å². The van der Waals surface area contributed by atoms with Gasteiger partial charge in [-0.1, -0.05) is 57.2 Å². The Hall–Kier alpha value is -0.980. The second-order valence-electron chi connectivity index (χ2n) is 5.78. The van der Waals surface area contributed by atoms with E-state index in [1.165, 1.54) is 50.6 Å². The van der Waals surface area contributed by atoms with Crippen LogP contribution >= 0.6 is 0 Å². The maximum atomic E-state index is 3.57. The standard InChI is InChI=1S/C17H27N/c1-2-3-7-15-10-12-16(13-11-15)14-18-17-8-5-4-6-9-17/h4-6,8-9,15-16,18H,2-3,7,10-14H2,1H3. The lowest BCUT2D eigenvalue weighted by atomic mass is 9.80. The highest BCUT2D eigenvalue weighted by molar-refractivity contribution is 5.42. The third kappa shape index (κ3) is 4.36. The molecule has 0 heterocycles. The van der Waals surface area contributed by atoms with Gasteiger partial charge in [0, 0.05) is 12.2 Å². The van der Waals surface area contributed by atoms with E-state index in [1.54, 1.807) is 0 Å². The van der Waals surface area contributed by atoms with Crippen molar-refractivity contribution in [3.05, 3.63) is 30.3 Å². The first-order valence-electron chi connectivity index (χ1n) is 7.67. The average molecular weight is 245 g/mol. The largest absolute Gasteiger partial charge is 0.385 e. The number of rotatable bonds is 6. The molecule has 0 radical (unpaired) electrons. The molecule has 1 saturated carbocycles. The molecule has 1 fully saturated rings. The Morgan fingerprint density at radius 2 is 1.67 bits per heavy atom. The summed E-state index contributed by atoms with van der Waals surface area (Å²) in [5.74, 6) is 1.92. The van der Waals surface area contributed by atoms with Gasteiger partial charge >= 0.3 is 0 Å². The van der Waals surface area contributed by atoms with Gasteiger partial charge in [-0.25, -0.2) is 0 Å². The van der Waals surface area contributed by atoms with E-state index in [0.717, 1.165) is 18.4 Å². The molecular formula is C17H27N. The molecule has 18 heavy (non-hydrogen) atoms. The van der Waals surface area contributed by atoms with E-state index >= 15 is 0 Å². The summed E-state index contributed by atoms with van der Waals surface area (Å²) < 4.78 is 0. The van der Waals surface area contributed by atoms with Gasteiger partial charge in [0.05, 0.1) is 0 Å². The second kappa shape index (κ2) is 7.45. The first-order chi connectivity index (χ1) is 8.88. The Balaban J connectivity index is 1.65. The van der Waals surface area contributed by atoms with Crippen LogP contribution in [0.4, 0.5) is 5.69 Å². The van der Waals surface area contributed by atoms with Gasteiger partial charge in [0.1, 0.15) is 0 Å². The van der Waals surface area contributed by atoms with Crippen molar-refractivity contribution in [2.75, 3.05) is 11.9 Å². The van der Waals surface area contributed by atoms with Crippen LogP contribution in [-0.2, 0) is 0 Å². The molecule has 1 heteroatoms. The fourth-order valence-electron chi connectivity index (χ4n) is 3.04. The Morgan fingerprint density at radius 3 is 2.33 bits per heavy atom. The molecule has 1 N–H and O–H groups in total. The van der Waals surface area contributed by atoms with E-state index in [9.17, 15) is 0 Å². The van der Waals surface area contributed by atoms with Gasteiger partial charge in [-0.05, 0) is 36.8 Å². The number of hydrogen-bond acceptors (Lipinski definition) is 1. The van der Waals surface area contributed by atoms with E-state index < -0.39 is 0 Å². The van der Waals surface area contributed by atoms with Gasteiger partial charge in [-0.15, -0.1) is 0 Å². The normalized spacial score (nSPS) is 23.8. The smallest absolute Gasteiger partial charge is 0.0340 e. The molecule has 0 atom stereocenters. The van der Waals surface area contributed by atoms with Gasteiger partial charge in [0.2, 0.25) is 0 Å². The Labute approximate surface area is 112 Å². The number of para-hydroxylation sites is 1. The third-order valence-electron chi connectivity index (χ3n) is 4.30. The minimum atomic E-state index is 0.892. The molecule has 0 bridgehead atoms. The van der Waals surface area contributed by atoms with Crippen LogP contribution in [0.25, 0.3) is 0 Å². The first-order valence-corrected chi connectivity index (χ1v) is 7.67. The van der Waals surface area contributed by atoms with Crippen LogP contribution in [0.15, 0.2) is 30.3 Å². The van der Waals surface area contributed by atoms with Crippen LogP contribution in [0.5, 0.6) is 0 Å². The van der Waals surface area contributed by atoms with Gasteiger partial charge in [-0.3, -0.25) is 0 Å². The molecule has 1 aliphatic rings. The molecule has 100 valence electrons. The molecule has 0 unspecified atom stereocenters. The van der Waals surface area contributed by atoms with Crippen molar-refractivity contribution < 1.29 is 0 Å². The summed E-state index contributed by atoms with van der Waals surface area (Å²) in [6.45, 7) is 3.46. The van der Waals surface area contributed by atoms with E-state index in [4.69, 9.17) is 0 Å². The Bertz CT molecular complexity index is 312. The second-order valence-corrected chi connectivity index (χ2v) is 5.78. The summed E-state index contributed by atoms with van der Waals surface area (Å²) in [4.78, 5) is 0. The topological polar surface area (TPSA) is 12.0 Å². The molecule has 1 aliphatic carbocycles. The summed E-state index contributed by atoms with van der Waals surface area (Å²) in [5, 5.41) is 3.57. The highest BCUT2D eigenvalue weighted by Crippen LogP contribution is 2.31. The van der Waals surface area contributed by atoms with Crippen LogP contribution in [-0.4, -0.2) is 6.54 Å². The van der Waals surface area contributed by atoms with E-state index in [1.807, 2.05) is 0 Å². The fourth-order valence-corrected chi connectivity index (χ4v) is 3.04. The molecule has 0 amide bonds. The summed E-state index contributed by atoms with van der Waals surface area (Å²) in [7, 11) is 0. The minimum absolute atomic E-state index is 0.892. The van der Waals surface area contributed by atoms with Crippen molar-refractivity contribution in [2.24, 2.45) is 11.8 Å². The Kier molecular flexibility index (Phi) is 5.57. The molecule has 0 saturated heterocycles. The molecular weight excluding hydrogens is 218 g/mol. The predicted octanol–water partition coefficient (Wildman–Crippen LogP) is 5.10. The summed E-state index contributed by atoms with van der Waals surface area (Å²) in [6, 6.07) is 10.6. The Morgan fingerprint density at radius 1 is 1.00 bits per heavy atom. The SMILES string of the molecule is CCCCC1CCC(CNc2ccccc2)CC1. The summed E-state index contributed by atoms with van der Waals surface area (Å²) in [5.41, 5.74) is 1.27. The lowest BCUT2D eigenvalue weighted by Gasteiger charge is -2.28. The minimum Gasteiger partial charge on any atom is -0.385 e.